The highest BCUT2D eigenvalue weighted by Crippen LogP contribution is 2.28. The molecule has 1 aromatic carbocycles. The van der Waals surface area contributed by atoms with Gasteiger partial charge in [-0.05, 0) is 12.1 Å². The van der Waals surface area contributed by atoms with Crippen LogP contribution in [-0.4, -0.2) is 26.1 Å². The summed E-state index contributed by atoms with van der Waals surface area (Å²) in [5.74, 6) is -0.136. The molecule has 1 heterocycles. The zero-order valence-electron chi connectivity index (χ0n) is 9.48. The molecule has 0 aliphatic heterocycles. The van der Waals surface area contributed by atoms with Gasteiger partial charge in [0, 0.05) is 12.3 Å². The van der Waals surface area contributed by atoms with Crippen LogP contribution in [0.5, 0.6) is 0 Å². The Balaban J connectivity index is 2.47. The summed E-state index contributed by atoms with van der Waals surface area (Å²) >= 11 is 0. The van der Waals surface area contributed by atoms with Crippen LogP contribution in [0.4, 0.5) is 16.4 Å². The number of aromatic nitrogens is 2. The van der Waals surface area contributed by atoms with Crippen molar-refractivity contribution in [2.24, 2.45) is 0 Å². The van der Waals surface area contributed by atoms with E-state index in [4.69, 9.17) is 5.11 Å². The average molecular weight is 260 g/mol. The average Bonchev–Trinajstić information content (AvgIpc) is 2.38. The number of amides is 1. The Hall–Kier alpha value is -3.03. The fourth-order valence-corrected chi connectivity index (χ4v) is 1.51. The van der Waals surface area contributed by atoms with Crippen LogP contribution in [0.3, 0.4) is 0 Å². The van der Waals surface area contributed by atoms with E-state index < -0.39 is 11.0 Å². The number of nitro benzene ring substituents is 1. The third-order valence-electron chi connectivity index (χ3n) is 2.25. The van der Waals surface area contributed by atoms with Gasteiger partial charge in [-0.2, -0.15) is 0 Å². The third kappa shape index (κ3) is 2.80. The number of nitrogens with one attached hydrogen (secondary N) is 1. The zero-order chi connectivity index (χ0) is 13.8. The van der Waals surface area contributed by atoms with Gasteiger partial charge >= 0.3 is 6.09 Å². The van der Waals surface area contributed by atoms with E-state index in [1.165, 1.54) is 24.4 Å². The lowest BCUT2D eigenvalue weighted by atomic mass is 10.1. The summed E-state index contributed by atoms with van der Waals surface area (Å²) in [5.41, 5.74) is 0.455. The Bertz CT molecular complexity index is 644. The molecule has 0 bridgehead atoms. The number of hydrogen-bond acceptors (Lipinski definition) is 5. The molecule has 2 N–H and O–H groups in total. The van der Waals surface area contributed by atoms with Crippen LogP contribution in [0.15, 0.2) is 36.5 Å². The lowest BCUT2D eigenvalue weighted by Gasteiger charge is -2.04. The minimum Gasteiger partial charge on any atom is -0.465 e. The van der Waals surface area contributed by atoms with Crippen molar-refractivity contribution in [3.8, 4) is 11.3 Å². The van der Waals surface area contributed by atoms with Gasteiger partial charge in [0.1, 0.15) is 0 Å². The van der Waals surface area contributed by atoms with Gasteiger partial charge in [0.2, 0.25) is 5.95 Å². The first-order valence-corrected chi connectivity index (χ1v) is 5.14. The van der Waals surface area contributed by atoms with Gasteiger partial charge in [-0.15, -0.1) is 0 Å². The standard InChI is InChI=1S/C11H8N4O4/c16-11(17)14-10-12-6-5-8(13-10)7-3-1-2-4-9(7)15(18)19/h1-6H,(H,16,17)(H,12,13,14). The van der Waals surface area contributed by atoms with Crippen molar-refractivity contribution >= 4 is 17.7 Å². The minimum absolute atomic E-state index is 0.109. The Morgan fingerprint density at radius 1 is 1.32 bits per heavy atom. The maximum atomic E-state index is 10.9. The highest BCUT2D eigenvalue weighted by molar-refractivity contribution is 5.81. The summed E-state index contributed by atoms with van der Waals surface area (Å²) in [5, 5.41) is 21.5. The van der Waals surface area contributed by atoms with E-state index in [-0.39, 0.29) is 17.3 Å². The molecule has 0 aliphatic carbocycles. The molecule has 96 valence electrons. The second-order valence-electron chi connectivity index (χ2n) is 3.47. The summed E-state index contributed by atoms with van der Waals surface area (Å²) in [6.07, 6.45) is 0.0179. The number of rotatable bonds is 3. The number of nitrogens with zero attached hydrogens (tertiary/aromatic N) is 3. The normalized spacial score (nSPS) is 9.89. The topological polar surface area (TPSA) is 118 Å². The van der Waals surface area contributed by atoms with Gasteiger partial charge in [0.15, 0.2) is 0 Å². The van der Waals surface area contributed by atoms with Crippen molar-refractivity contribution in [1.82, 2.24) is 9.97 Å². The van der Waals surface area contributed by atoms with Crippen LogP contribution in [0.1, 0.15) is 0 Å². The highest BCUT2D eigenvalue weighted by atomic mass is 16.6. The molecule has 2 rings (SSSR count). The van der Waals surface area contributed by atoms with E-state index in [1.54, 1.807) is 12.1 Å². The van der Waals surface area contributed by atoms with Gasteiger partial charge in [-0.3, -0.25) is 15.4 Å². The van der Waals surface area contributed by atoms with E-state index in [1.807, 2.05) is 5.32 Å². The van der Waals surface area contributed by atoms with Crippen LogP contribution in [-0.2, 0) is 0 Å². The van der Waals surface area contributed by atoms with E-state index in [0.717, 1.165) is 0 Å². The van der Waals surface area contributed by atoms with Crippen LogP contribution in [0, 0.1) is 10.1 Å². The molecule has 19 heavy (non-hydrogen) atoms. The second kappa shape index (κ2) is 5.08. The zero-order valence-corrected chi connectivity index (χ0v) is 9.48. The summed E-state index contributed by atoms with van der Waals surface area (Å²) in [6.45, 7) is 0. The fourth-order valence-electron chi connectivity index (χ4n) is 1.51. The Morgan fingerprint density at radius 2 is 2.05 bits per heavy atom. The number of carbonyl (C=O) groups is 1. The first-order valence-electron chi connectivity index (χ1n) is 5.14. The molecular weight excluding hydrogens is 252 g/mol. The Morgan fingerprint density at radius 3 is 2.74 bits per heavy atom. The first-order chi connectivity index (χ1) is 9.08. The quantitative estimate of drug-likeness (QED) is 0.644. The lowest BCUT2D eigenvalue weighted by Crippen LogP contribution is -2.10. The van der Waals surface area contributed by atoms with E-state index in [2.05, 4.69) is 9.97 Å². The molecule has 0 spiro atoms. The molecule has 0 fully saturated rings. The molecule has 8 nitrogen and oxygen atoms in total. The van der Waals surface area contributed by atoms with Crippen LogP contribution in [0.2, 0.25) is 0 Å². The maximum Gasteiger partial charge on any atom is 0.411 e. The van der Waals surface area contributed by atoms with E-state index >= 15 is 0 Å². The van der Waals surface area contributed by atoms with Crippen LogP contribution >= 0.6 is 0 Å². The van der Waals surface area contributed by atoms with Crippen molar-refractivity contribution in [2.45, 2.75) is 0 Å². The lowest BCUT2D eigenvalue weighted by molar-refractivity contribution is -0.384. The number of anilines is 1. The third-order valence-corrected chi connectivity index (χ3v) is 2.25. The van der Waals surface area contributed by atoms with Crippen molar-refractivity contribution < 1.29 is 14.8 Å². The molecule has 0 aliphatic rings. The van der Waals surface area contributed by atoms with Crippen LogP contribution in [0.25, 0.3) is 11.3 Å². The molecule has 0 unspecified atom stereocenters. The van der Waals surface area contributed by atoms with Crippen LogP contribution < -0.4 is 5.32 Å². The van der Waals surface area contributed by atoms with Gasteiger partial charge in [0.05, 0.1) is 16.2 Å². The SMILES string of the molecule is O=C(O)Nc1nccc(-c2ccccc2[N+](=O)[O-])n1. The Labute approximate surface area is 106 Å². The molecule has 8 heteroatoms. The maximum absolute atomic E-state index is 10.9. The van der Waals surface area contributed by atoms with Gasteiger partial charge in [-0.1, -0.05) is 12.1 Å². The molecule has 2 aromatic rings. The van der Waals surface area contributed by atoms with E-state index in [9.17, 15) is 14.9 Å². The fraction of sp³-hybridized carbons (Fsp3) is 0. The first kappa shape index (κ1) is 12.4. The number of para-hydroxylation sites is 1. The largest absolute Gasteiger partial charge is 0.465 e. The molecule has 0 saturated carbocycles. The summed E-state index contributed by atoms with van der Waals surface area (Å²) in [6, 6.07) is 7.52. The Kier molecular flexibility index (Phi) is 3.33. The van der Waals surface area contributed by atoms with Crippen molar-refractivity contribution in [3.63, 3.8) is 0 Å². The molecule has 0 radical (unpaired) electrons. The summed E-state index contributed by atoms with van der Waals surface area (Å²) in [4.78, 5) is 28.5. The highest BCUT2D eigenvalue weighted by Gasteiger charge is 2.15. The predicted octanol–water partition coefficient (Wildman–Crippen LogP) is 2.14. The molecule has 0 atom stereocenters. The smallest absolute Gasteiger partial charge is 0.411 e. The second-order valence-corrected chi connectivity index (χ2v) is 3.47. The van der Waals surface area contributed by atoms with Gasteiger partial charge in [0.25, 0.3) is 5.69 Å². The number of hydrogen-bond donors (Lipinski definition) is 2. The van der Waals surface area contributed by atoms with E-state index in [0.29, 0.717) is 5.56 Å². The molecule has 1 amide bonds. The minimum atomic E-state index is -1.31. The van der Waals surface area contributed by atoms with Crippen molar-refractivity contribution in [2.75, 3.05) is 5.32 Å². The number of carboxylic acid groups (broad SMARTS) is 1. The van der Waals surface area contributed by atoms with Gasteiger partial charge < -0.3 is 5.11 Å². The van der Waals surface area contributed by atoms with Crippen molar-refractivity contribution in [1.29, 1.82) is 0 Å². The monoisotopic (exact) mass is 260 g/mol. The number of nitro groups is 1. The molecule has 0 saturated heterocycles. The van der Waals surface area contributed by atoms with Crippen molar-refractivity contribution in [3.05, 3.63) is 46.6 Å². The summed E-state index contributed by atoms with van der Waals surface area (Å²) in [7, 11) is 0. The van der Waals surface area contributed by atoms with Gasteiger partial charge in [-0.25, -0.2) is 14.8 Å². The predicted molar refractivity (Wildman–Crippen MR) is 65.8 cm³/mol. The summed E-state index contributed by atoms with van der Waals surface area (Å²) < 4.78 is 0. The number of benzene rings is 1. The molecule has 1 aromatic heterocycles. The molecular formula is C11H8N4O4.